The van der Waals surface area contributed by atoms with Crippen molar-refractivity contribution < 1.29 is 0 Å². The van der Waals surface area contributed by atoms with Gasteiger partial charge in [0.05, 0.1) is 11.2 Å². The maximum atomic E-state index is 5.75. The second-order valence-electron chi connectivity index (χ2n) is 2.94. The molecule has 12 heavy (non-hydrogen) atoms. The summed E-state index contributed by atoms with van der Waals surface area (Å²) in [5, 5.41) is 8.19. The molecule has 0 radical (unpaired) electrons. The van der Waals surface area contributed by atoms with Gasteiger partial charge in [-0.1, -0.05) is 18.2 Å². The van der Waals surface area contributed by atoms with E-state index >= 15 is 0 Å². The van der Waals surface area contributed by atoms with Gasteiger partial charge >= 0.3 is 0 Å². The maximum absolute atomic E-state index is 5.75. The first-order chi connectivity index (χ1) is 5.79. The van der Waals surface area contributed by atoms with E-state index in [4.69, 9.17) is 5.73 Å². The highest BCUT2D eigenvalue weighted by atomic mass is 15.1. The van der Waals surface area contributed by atoms with Gasteiger partial charge < -0.3 is 5.73 Å². The van der Waals surface area contributed by atoms with Crippen LogP contribution in [0.1, 0.15) is 18.7 Å². The van der Waals surface area contributed by atoms with Crippen molar-refractivity contribution >= 4 is 10.9 Å². The van der Waals surface area contributed by atoms with Crippen molar-refractivity contribution in [3.05, 3.63) is 30.0 Å². The summed E-state index contributed by atoms with van der Waals surface area (Å²) < 4.78 is 0. The molecule has 1 aromatic carbocycles. The fourth-order valence-corrected chi connectivity index (χ4v) is 1.33. The molecule has 0 spiro atoms. The highest BCUT2D eigenvalue weighted by Crippen LogP contribution is 2.18. The van der Waals surface area contributed by atoms with Crippen LogP contribution in [-0.2, 0) is 0 Å². The highest BCUT2D eigenvalue weighted by molar-refractivity contribution is 5.81. The number of H-pyrrole nitrogens is 1. The number of benzene rings is 1. The van der Waals surface area contributed by atoms with Crippen LogP contribution < -0.4 is 5.73 Å². The molecule has 1 heterocycles. The lowest BCUT2D eigenvalue weighted by molar-refractivity contribution is 0.779. The zero-order valence-corrected chi connectivity index (χ0v) is 6.91. The Morgan fingerprint density at radius 2 is 2.17 bits per heavy atom. The van der Waals surface area contributed by atoms with Crippen LogP contribution in [0.15, 0.2) is 24.3 Å². The summed E-state index contributed by atoms with van der Waals surface area (Å²) in [6, 6.07) is 7.96. The Morgan fingerprint density at radius 3 is 2.92 bits per heavy atom. The quantitative estimate of drug-likeness (QED) is 0.667. The van der Waals surface area contributed by atoms with E-state index in [0.29, 0.717) is 0 Å². The van der Waals surface area contributed by atoms with Crippen LogP contribution >= 0.6 is 0 Å². The Labute approximate surface area is 70.6 Å². The van der Waals surface area contributed by atoms with Crippen LogP contribution in [0.4, 0.5) is 0 Å². The van der Waals surface area contributed by atoms with Gasteiger partial charge in [-0.2, -0.15) is 5.10 Å². The number of nitrogens with two attached hydrogens (primary N) is 1. The summed E-state index contributed by atoms with van der Waals surface area (Å²) in [5.41, 5.74) is 7.73. The highest BCUT2D eigenvalue weighted by Gasteiger charge is 2.06. The van der Waals surface area contributed by atoms with E-state index in [0.717, 1.165) is 16.6 Å². The van der Waals surface area contributed by atoms with Crippen LogP contribution in [0, 0.1) is 0 Å². The standard InChI is InChI=1S/C9H11N3/c1-6(10)9-7-4-2-3-5-8(7)11-12-9/h2-6H,10H2,1H3,(H,11,12)/t6-/m1/s1. The first-order valence-electron chi connectivity index (χ1n) is 3.97. The molecular formula is C9H11N3. The van der Waals surface area contributed by atoms with E-state index in [1.54, 1.807) is 0 Å². The number of aromatic amines is 1. The Hall–Kier alpha value is -1.35. The Balaban J connectivity index is 2.70. The maximum Gasteiger partial charge on any atom is 0.0924 e. The molecule has 0 fully saturated rings. The minimum absolute atomic E-state index is 0.0115. The fraction of sp³-hybridized carbons (Fsp3) is 0.222. The van der Waals surface area contributed by atoms with Crippen molar-refractivity contribution in [2.45, 2.75) is 13.0 Å². The number of rotatable bonds is 1. The van der Waals surface area contributed by atoms with Crippen LogP contribution in [0.3, 0.4) is 0 Å². The van der Waals surface area contributed by atoms with Gasteiger partial charge in [-0.25, -0.2) is 0 Å². The fourth-order valence-electron chi connectivity index (χ4n) is 1.33. The zero-order valence-electron chi connectivity index (χ0n) is 6.91. The van der Waals surface area contributed by atoms with Crippen molar-refractivity contribution in [1.29, 1.82) is 0 Å². The van der Waals surface area contributed by atoms with E-state index in [9.17, 15) is 0 Å². The first-order valence-corrected chi connectivity index (χ1v) is 3.97. The third-order valence-corrected chi connectivity index (χ3v) is 1.95. The van der Waals surface area contributed by atoms with Gasteiger partial charge in [0, 0.05) is 11.4 Å². The van der Waals surface area contributed by atoms with Crippen molar-refractivity contribution in [1.82, 2.24) is 10.2 Å². The molecule has 2 rings (SSSR count). The molecule has 0 unspecified atom stereocenters. The Bertz CT molecular complexity index is 389. The molecule has 3 N–H and O–H groups in total. The van der Waals surface area contributed by atoms with Gasteiger partial charge in [-0.05, 0) is 13.0 Å². The molecular weight excluding hydrogens is 150 g/mol. The van der Waals surface area contributed by atoms with Crippen LogP contribution in [0.25, 0.3) is 10.9 Å². The average molecular weight is 161 g/mol. The molecule has 0 amide bonds. The molecule has 0 saturated carbocycles. The van der Waals surface area contributed by atoms with E-state index < -0.39 is 0 Å². The molecule has 0 saturated heterocycles. The van der Waals surface area contributed by atoms with Gasteiger partial charge in [-0.3, -0.25) is 5.10 Å². The number of para-hydroxylation sites is 1. The summed E-state index contributed by atoms with van der Waals surface area (Å²) in [6.07, 6.45) is 0. The van der Waals surface area contributed by atoms with E-state index in [2.05, 4.69) is 10.2 Å². The third-order valence-electron chi connectivity index (χ3n) is 1.95. The van der Waals surface area contributed by atoms with Crippen LogP contribution in [-0.4, -0.2) is 10.2 Å². The Morgan fingerprint density at radius 1 is 1.42 bits per heavy atom. The summed E-state index contributed by atoms with van der Waals surface area (Å²) in [7, 11) is 0. The normalized spacial score (nSPS) is 13.5. The van der Waals surface area contributed by atoms with Gasteiger partial charge in [0.1, 0.15) is 0 Å². The summed E-state index contributed by atoms with van der Waals surface area (Å²) >= 11 is 0. The minimum atomic E-state index is 0.0115. The molecule has 1 aromatic heterocycles. The van der Waals surface area contributed by atoms with Crippen LogP contribution in [0.2, 0.25) is 0 Å². The number of aromatic nitrogens is 2. The molecule has 0 aliphatic heterocycles. The zero-order chi connectivity index (χ0) is 8.55. The Kier molecular flexibility index (Phi) is 1.59. The number of hydrogen-bond donors (Lipinski definition) is 2. The average Bonchev–Trinajstić information content (AvgIpc) is 2.47. The topological polar surface area (TPSA) is 54.7 Å². The number of nitrogens with one attached hydrogen (secondary N) is 1. The molecule has 62 valence electrons. The summed E-state index contributed by atoms with van der Waals surface area (Å²) in [4.78, 5) is 0. The number of nitrogens with zero attached hydrogens (tertiary/aromatic N) is 1. The van der Waals surface area contributed by atoms with E-state index in [1.807, 2.05) is 31.2 Å². The first kappa shape index (κ1) is 7.31. The molecule has 2 aromatic rings. The largest absolute Gasteiger partial charge is 0.323 e. The van der Waals surface area contributed by atoms with Crippen LogP contribution in [0.5, 0.6) is 0 Å². The summed E-state index contributed by atoms with van der Waals surface area (Å²) in [6.45, 7) is 1.94. The second-order valence-corrected chi connectivity index (χ2v) is 2.94. The molecule has 3 heteroatoms. The number of fused-ring (bicyclic) bond motifs is 1. The third kappa shape index (κ3) is 0.987. The summed E-state index contributed by atoms with van der Waals surface area (Å²) in [5.74, 6) is 0. The second kappa shape index (κ2) is 2.60. The van der Waals surface area contributed by atoms with Crippen molar-refractivity contribution in [3.63, 3.8) is 0 Å². The van der Waals surface area contributed by atoms with Crippen molar-refractivity contribution in [3.8, 4) is 0 Å². The minimum Gasteiger partial charge on any atom is -0.323 e. The van der Waals surface area contributed by atoms with Gasteiger partial charge in [-0.15, -0.1) is 0 Å². The van der Waals surface area contributed by atoms with E-state index in [-0.39, 0.29) is 6.04 Å². The predicted molar refractivity (Wildman–Crippen MR) is 48.7 cm³/mol. The lowest BCUT2D eigenvalue weighted by atomic mass is 10.1. The molecule has 3 nitrogen and oxygen atoms in total. The number of hydrogen-bond acceptors (Lipinski definition) is 2. The smallest absolute Gasteiger partial charge is 0.0924 e. The molecule has 0 bridgehead atoms. The molecule has 0 aliphatic rings. The molecule has 0 aliphatic carbocycles. The van der Waals surface area contributed by atoms with Gasteiger partial charge in [0.25, 0.3) is 0 Å². The molecule has 1 atom stereocenters. The van der Waals surface area contributed by atoms with Crippen molar-refractivity contribution in [2.24, 2.45) is 5.73 Å². The SMILES string of the molecule is C[C@@H](N)c1[nH]nc2ccccc12. The van der Waals surface area contributed by atoms with Crippen molar-refractivity contribution in [2.75, 3.05) is 0 Å². The van der Waals surface area contributed by atoms with Gasteiger partial charge in [0.2, 0.25) is 0 Å². The lowest BCUT2D eigenvalue weighted by Crippen LogP contribution is -2.05. The van der Waals surface area contributed by atoms with Gasteiger partial charge in [0.15, 0.2) is 0 Å². The predicted octanol–water partition coefficient (Wildman–Crippen LogP) is 1.58. The van der Waals surface area contributed by atoms with E-state index in [1.165, 1.54) is 0 Å². The monoisotopic (exact) mass is 161 g/mol. The lowest BCUT2D eigenvalue weighted by Gasteiger charge is -2.00.